The Balaban J connectivity index is 1.80. The molecule has 1 aliphatic rings. The van der Waals surface area contributed by atoms with Crippen molar-refractivity contribution in [3.05, 3.63) is 36.0 Å². The molecule has 92 valence electrons. The minimum Gasteiger partial charge on any atom is -0.382 e. The van der Waals surface area contributed by atoms with Gasteiger partial charge < -0.3 is 15.2 Å². The third-order valence-corrected chi connectivity index (χ3v) is 2.94. The summed E-state index contributed by atoms with van der Waals surface area (Å²) in [6, 6.07) is 3.16. The van der Waals surface area contributed by atoms with E-state index in [4.69, 9.17) is 5.73 Å². The summed E-state index contributed by atoms with van der Waals surface area (Å²) >= 11 is 0. The van der Waals surface area contributed by atoms with Crippen LogP contribution in [-0.2, 0) is 13.1 Å². The van der Waals surface area contributed by atoms with Crippen LogP contribution < -0.4 is 5.73 Å². The van der Waals surface area contributed by atoms with E-state index in [1.54, 1.807) is 23.2 Å². The summed E-state index contributed by atoms with van der Waals surface area (Å²) < 4.78 is 2.04. The molecule has 0 saturated heterocycles. The summed E-state index contributed by atoms with van der Waals surface area (Å²) in [4.78, 5) is 18.1. The fraction of sp³-hybridized carbons (Fsp3) is 0.273. The first kappa shape index (κ1) is 10.7. The van der Waals surface area contributed by atoms with Crippen molar-refractivity contribution in [2.24, 2.45) is 0 Å². The average molecular weight is 244 g/mol. The van der Waals surface area contributed by atoms with Crippen LogP contribution in [0.4, 0.5) is 5.82 Å². The number of fused-ring (bicyclic) bond motifs is 1. The van der Waals surface area contributed by atoms with Crippen LogP contribution in [0, 0.1) is 0 Å². The van der Waals surface area contributed by atoms with E-state index in [1.807, 2.05) is 10.8 Å². The van der Waals surface area contributed by atoms with Gasteiger partial charge in [0.1, 0.15) is 11.6 Å². The lowest BCUT2D eigenvalue weighted by molar-refractivity contribution is 0.0700. The first-order chi connectivity index (χ1) is 8.74. The summed E-state index contributed by atoms with van der Waals surface area (Å²) in [5.74, 6) is 1.05. The normalized spacial score (nSPS) is 14.3. The van der Waals surface area contributed by atoms with Gasteiger partial charge in [0.25, 0.3) is 5.91 Å². The molecule has 2 N–H and O–H groups in total. The van der Waals surface area contributed by atoms with Crippen molar-refractivity contribution < 1.29 is 4.79 Å². The minimum atomic E-state index is -0.142. The molecule has 0 saturated carbocycles. The highest BCUT2D eigenvalue weighted by molar-refractivity contribution is 5.92. The van der Waals surface area contributed by atoms with E-state index in [9.17, 15) is 4.79 Å². The summed E-state index contributed by atoms with van der Waals surface area (Å²) in [6.45, 7) is 1.90. The second-order valence-electron chi connectivity index (χ2n) is 4.11. The number of hydrogen-bond donors (Lipinski definition) is 1. The van der Waals surface area contributed by atoms with Crippen molar-refractivity contribution in [2.75, 3.05) is 12.3 Å². The quantitative estimate of drug-likeness (QED) is 0.757. The zero-order valence-corrected chi connectivity index (χ0v) is 9.65. The average Bonchev–Trinajstić information content (AvgIpc) is 2.86. The number of nitrogens with two attached hydrogens (primary N) is 1. The summed E-state index contributed by atoms with van der Waals surface area (Å²) in [7, 11) is 0. The number of aromatic nitrogens is 4. The molecular weight excluding hydrogens is 232 g/mol. The van der Waals surface area contributed by atoms with Gasteiger partial charge in [-0.1, -0.05) is 0 Å². The lowest BCUT2D eigenvalue weighted by atomic mass is 10.3. The molecule has 2 aromatic rings. The maximum atomic E-state index is 12.2. The van der Waals surface area contributed by atoms with E-state index in [1.165, 1.54) is 0 Å². The molecule has 0 atom stereocenters. The maximum Gasteiger partial charge on any atom is 0.274 e. The highest BCUT2D eigenvalue weighted by Crippen LogP contribution is 2.12. The Kier molecular flexibility index (Phi) is 2.44. The second-order valence-corrected chi connectivity index (χ2v) is 4.11. The van der Waals surface area contributed by atoms with E-state index >= 15 is 0 Å². The predicted molar refractivity (Wildman–Crippen MR) is 63.4 cm³/mol. The van der Waals surface area contributed by atoms with Crippen molar-refractivity contribution in [1.82, 2.24) is 24.6 Å². The molecule has 1 amide bonds. The van der Waals surface area contributed by atoms with E-state index in [0.29, 0.717) is 24.6 Å². The number of hydrogen-bond acceptors (Lipinski definition) is 5. The van der Waals surface area contributed by atoms with Crippen LogP contribution >= 0.6 is 0 Å². The van der Waals surface area contributed by atoms with Crippen molar-refractivity contribution in [2.45, 2.75) is 13.1 Å². The molecule has 0 aromatic carbocycles. The third-order valence-electron chi connectivity index (χ3n) is 2.94. The molecule has 18 heavy (non-hydrogen) atoms. The second kappa shape index (κ2) is 4.10. The summed E-state index contributed by atoms with van der Waals surface area (Å²) in [5, 5.41) is 7.49. The molecule has 7 nitrogen and oxygen atoms in total. The molecule has 1 aliphatic heterocycles. The van der Waals surface area contributed by atoms with Crippen LogP contribution in [0.25, 0.3) is 0 Å². The van der Waals surface area contributed by atoms with Gasteiger partial charge in [0.2, 0.25) is 0 Å². The molecule has 7 heteroatoms. The Morgan fingerprint density at radius 2 is 2.17 bits per heavy atom. The molecule has 0 aliphatic carbocycles. The predicted octanol–water partition coefficient (Wildman–Crippen LogP) is -0.0887. The number of nitrogen functional groups attached to an aromatic ring is 1. The van der Waals surface area contributed by atoms with E-state index in [-0.39, 0.29) is 5.91 Å². The molecule has 3 heterocycles. The highest BCUT2D eigenvalue weighted by atomic mass is 16.2. The van der Waals surface area contributed by atoms with Gasteiger partial charge in [-0.15, -0.1) is 10.2 Å². The van der Waals surface area contributed by atoms with E-state index in [0.717, 1.165) is 12.4 Å². The Labute approximate surface area is 103 Å². The lowest BCUT2D eigenvalue weighted by Gasteiger charge is -2.27. The highest BCUT2D eigenvalue weighted by Gasteiger charge is 2.23. The van der Waals surface area contributed by atoms with Crippen molar-refractivity contribution in [3.8, 4) is 0 Å². The first-order valence-corrected chi connectivity index (χ1v) is 5.62. The number of nitrogens with zero attached hydrogens (tertiary/aromatic N) is 5. The van der Waals surface area contributed by atoms with Gasteiger partial charge in [-0.3, -0.25) is 4.79 Å². The summed E-state index contributed by atoms with van der Waals surface area (Å²) in [5.41, 5.74) is 5.75. The topological polar surface area (TPSA) is 89.9 Å². The fourth-order valence-corrected chi connectivity index (χ4v) is 1.97. The molecule has 3 rings (SSSR count). The van der Waals surface area contributed by atoms with Crippen LogP contribution in [0.5, 0.6) is 0 Å². The molecule has 0 fully saturated rings. The molecular formula is C11H12N6O. The van der Waals surface area contributed by atoms with Crippen molar-refractivity contribution in [3.63, 3.8) is 0 Å². The van der Waals surface area contributed by atoms with Gasteiger partial charge in [-0.2, -0.15) is 0 Å². The smallest absolute Gasteiger partial charge is 0.274 e. The number of amides is 1. The van der Waals surface area contributed by atoms with Crippen LogP contribution in [0.2, 0.25) is 0 Å². The van der Waals surface area contributed by atoms with Gasteiger partial charge >= 0.3 is 0 Å². The Morgan fingerprint density at radius 3 is 2.94 bits per heavy atom. The number of imidazole rings is 1. The number of carbonyl (C=O) groups excluding carboxylic acids is 1. The SMILES string of the molecule is Nc1ccc(C(=O)N2CCn3ccnc3C2)nn1. The molecule has 0 spiro atoms. The standard InChI is InChI=1S/C11H12N6O/c12-9-2-1-8(14-15-9)11(18)17-6-5-16-4-3-13-10(16)7-17/h1-4H,5-7H2,(H2,12,15). The molecule has 0 unspecified atom stereocenters. The largest absolute Gasteiger partial charge is 0.382 e. The van der Waals surface area contributed by atoms with E-state index in [2.05, 4.69) is 15.2 Å². The van der Waals surface area contributed by atoms with Crippen LogP contribution in [0.1, 0.15) is 16.3 Å². The van der Waals surface area contributed by atoms with Crippen LogP contribution in [-0.4, -0.2) is 37.1 Å². The van der Waals surface area contributed by atoms with Gasteiger partial charge in [0.15, 0.2) is 5.69 Å². The summed E-state index contributed by atoms with van der Waals surface area (Å²) in [6.07, 6.45) is 3.66. The molecule has 2 aromatic heterocycles. The minimum absolute atomic E-state index is 0.142. The Hall–Kier alpha value is -2.44. The van der Waals surface area contributed by atoms with E-state index < -0.39 is 0 Å². The first-order valence-electron chi connectivity index (χ1n) is 5.62. The maximum absolute atomic E-state index is 12.2. The van der Waals surface area contributed by atoms with Gasteiger partial charge in [0, 0.05) is 25.5 Å². The number of carbonyl (C=O) groups is 1. The zero-order chi connectivity index (χ0) is 12.5. The molecule has 0 radical (unpaired) electrons. The van der Waals surface area contributed by atoms with Crippen molar-refractivity contribution in [1.29, 1.82) is 0 Å². The molecule has 0 bridgehead atoms. The monoisotopic (exact) mass is 244 g/mol. The zero-order valence-electron chi connectivity index (χ0n) is 9.65. The third kappa shape index (κ3) is 1.79. The van der Waals surface area contributed by atoms with Crippen LogP contribution in [0.3, 0.4) is 0 Å². The number of rotatable bonds is 1. The fourth-order valence-electron chi connectivity index (χ4n) is 1.97. The Bertz CT molecular complexity index is 575. The number of anilines is 1. The van der Waals surface area contributed by atoms with Gasteiger partial charge in [0.05, 0.1) is 6.54 Å². The van der Waals surface area contributed by atoms with Crippen molar-refractivity contribution >= 4 is 11.7 Å². The van der Waals surface area contributed by atoms with Gasteiger partial charge in [-0.25, -0.2) is 4.98 Å². The van der Waals surface area contributed by atoms with Gasteiger partial charge in [-0.05, 0) is 12.1 Å². The lowest BCUT2D eigenvalue weighted by Crippen LogP contribution is -2.38. The van der Waals surface area contributed by atoms with Crippen LogP contribution in [0.15, 0.2) is 24.5 Å². The Morgan fingerprint density at radius 1 is 1.28 bits per heavy atom.